The van der Waals surface area contributed by atoms with Gasteiger partial charge in [-0.3, -0.25) is 4.98 Å². The summed E-state index contributed by atoms with van der Waals surface area (Å²) in [6, 6.07) is 0. The maximum Gasteiger partial charge on any atom is 0.232 e. The molecule has 112 valence electrons. The minimum Gasteiger partial charge on any atom is -0.476 e. The van der Waals surface area contributed by atoms with Crippen molar-refractivity contribution in [1.29, 1.82) is 0 Å². The second-order valence-corrected chi connectivity index (χ2v) is 6.77. The highest BCUT2D eigenvalue weighted by atomic mass is 16.5. The van der Waals surface area contributed by atoms with Gasteiger partial charge in [-0.2, -0.15) is 0 Å². The lowest BCUT2D eigenvalue weighted by Crippen LogP contribution is -2.35. The van der Waals surface area contributed by atoms with Gasteiger partial charge < -0.3 is 10.1 Å². The first-order valence-electron chi connectivity index (χ1n) is 7.72. The summed E-state index contributed by atoms with van der Waals surface area (Å²) < 4.78 is 5.82. The first-order valence-corrected chi connectivity index (χ1v) is 7.72. The molecule has 1 aliphatic rings. The Morgan fingerprint density at radius 2 is 1.95 bits per heavy atom. The Morgan fingerprint density at radius 1 is 1.20 bits per heavy atom. The molecule has 1 saturated carbocycles. The van der Waals surface area contributed by atoms with Crippen molar-refractivity contribution in [2.24, 2.45) is 5.92 Å². The van der Waals surface area contributed by atoms with E-state index in [1.807, 2.05) is 0 Å². The van der Waals surface area contributed by atoms with E-state index in [0.29, 0.717) is 11.8 Å². The molecule has 20 heavy (non-hydrogen) atoms. The molecule has 0 aromatic carbocycles. The first kappa shape index (κ1) is 15.2. The predicted octanol–water partition coefficient (Wildman–Crippen LogP) is 3.32. The molecule has 4 heteroatoms. The number of aromatic nitrogens is 2. The minimum atomic E-state index is 0.0840. The molecule has 0 amide bonds. The normalized spacial score (nSPS) is 17.1. The van der Waals surface area contributed by atoms with Crippen LogP contribution in [0.15, 0.2) is 12.4 Å². The van der Waals surface area contributed by atoms with Gasteiger partial charge in [0.05, 0.1) is 18.5 Å². The summed E-state index contributed by atoms with van der Waals surface area (Å²) in [5, 5.41) is 3.41. The molecule has 1 heterocycles. The third-order valence-corrected chi connectivity index (χ3v) is 3.65. The van der Waals surface area contributed by atoms with Gasteiger partial charge in [-0.15, -0.1) is 0 Å². The van der Waals surface area contributed by atoms with Crippen LogP contribution in [0, 0.1) is 5.92 Å². The molecular weight excluding hydrogens is 250 g/mol. The number of nitrogens with zero attached hydrogens (tertiary/aromatic N) is 2. The van der Waals surface area contributed by atoms with Crippen LogP contribution in [-0.4, -0.2) is 22.1 Å². The number of hydrogen-bond donors (Lipinski definition) is 1. The monoisotopic (exact) mass is 277 g/mol. The predicted molar refractivity (Wildman–Crippen MR) is 80.7 cm³/mol. The molecule has 0 bridgehead atoms. The summed E-state index contributed by atoms with van der Waals surface area (Å²) in [7, 11) is 0. The lowest BCUT2D eigenvalue weighted by atomic mass is 9.90. The summed E-state index contributed by atoms with van der Waals surface area (Å²) in [4.78, 5) is 8.73. The second-order valence-electron chi connectivity index (χ2n) is 6.77. The van der Waals surface area contributed by atoms with E-state index in [4.69, 9.17) is 4.74 Å². The fraction of sp³-hybridized carbons (Fsp3) is 0.750. The Balaban J connectivity index is 1.82. The SMILES string of the molecule is CC(C)(C)NCc1cncc(OCC2CCCCC2)n1. The fourth-order valence-corrected chi connectivity index (χ4v) is 2.45. The topological polar surface area (TPSA) is 47.0 Å². The summed E-state index contributed by atoms with van der Waals surface area (Å²) >= 11 is 0. The fourth-order valence-electron chi connectivity index (χ4n) is 2.45. The lowest BCUT2D eigenvalue weighted by molar-refractivity contribution is 0.201. The van der Waals surface area contributed by atoms with Crippen molar-refractivity contribution >= 4 is 0 Å². The average molecular weight is 277 g/mol. The molecule has 0 atom stereocenters. The number of hydrogen-bond acceptors (Lipinski definition) is 4. The van der Waals surface area contributed by atoms with E-state index >= 15 is 0 Å². The third-order valence-electron chi connectivity index (χ3n) is 3.65. The molecule has 4 nitrogen and oxygen atoms in total. The number of rotatable bonds is 5. The molecule has 1 aromatic heterocycles. The second kappa shape index (κ2) is 7.02. The van der Waals surface area contributed by atoms with Gasteiger partial charge >= 0.3 is 0 Å². The molecule has 1 fully saturated rings. The van der Waals surface area contributed by atoms with Crippen LogP contribution in [0.2, 0.25) is 0 Å². The van der Waals surface area contributed by atoms with Crippen LogP contribution >= 0.6 is 0 Å². The van der Waals surface area contributed by atoms with Gasteiger partial charge in [-0.1, -0.05) is 19.3 Å². The van der Waals surface area contributed by atoms with Crippen LogP contribution in [0.1, 0.15) is 58.6 Å². The van der Waals surface area contributed by atoms with Gasteiger partial charge in [0.1, 0.15) is 0 Å². The van der Waals surface area contributed by atoms with Crippen molar-refractivity contribution in [3.8, 4) is 5.88 Å². The van der Waals surface area contributed by atoms with Crippen LogP contribution in [0.3, 0.4) is 0 Å². The first-order chi connectivity index (χ1) is 9.53. The maximum atomic E-state index is 5.82. The molecule has 1 N–H and O–H groups in total. The van der Waals surface area contributed by atoms with Gasteiger partial charge in [0.2, 0.25) is 5.88 Å². The molecular formula is C16H27N3O. The van der Waals surface area contributed by atoms with E-state index in [-0.39, 0.29) is 5.54 Å². The van der Waals surface area contributed by atoms with Gasteiger partial charge in [-0.25, -0.2) is 4.98 Å². The highest BCUT2D eigenvalue weighted by Crippen LogP contribution is 2.24. The highest BCUT2D eigenvalue weighted by molar-refractivity contribution is 5.08. The summed E-state index contributed by atoms with van der Waals surface area (Å²) in [6.45, 7) is 7.93. The Kier molecular flexibility index (Phi) is 5.35. The van der Waals surface area contributed by atoms with Crippen LogP contribution < -0.4 is 10.1 Å². The quantitative estimate of drug-likeness (QED) is 0.897. The Hall–Kier alpha value is -1.16. The summed E-state index contributed by atoms with van der Waals surface area (Å²) in [5.41, 5.74) is 1.02. The number of nitrogens with one attached hydrogen (secondary N) is 1. The van der Waals surface area contributed by atoms with E-state index in [9.17, 15) is 0 Å². The zero-order chi connectivity index (χ0) is 14.4. The molecule has 1 aliphatic carbocycles. The van der Waals surface area contributed by atoms with Crippen molar-refractivity contribution in [3.05, 3.63) is 18.1 Å². The average Bonchev–Trinajstić information content (AvgIpc) is 2.44. The van der Waals surface area contributed by atoms with Crippen molar-refractivity contribution in [3.63, 3.8) is 0 Å². The van der Waals surface area contributed by atoms with Gasteiger partial charge in [0.25, 0.3) is 0 Å². The van der Waals surface area contributed by atoms with Crippen molar-refractivity contribution in [2.45, 2.75) is 65.0 Å². The zero-order valence-corrected chi connectivity index (χ0v) is 13.0. The highest BCUT2D eigenvalue weighted by Gasteiger charge is 2.14. The zero-order valence-electron chi connectivity index (χ0n) is 13.0. The third kappa shape index (κ3) is 5.45. The number of ether oxygens (including phenoxy) is 1. The summed E-state index contributed by atoms with van der Waals surface area (Å²) in [6.07, 6.45) is 10.2. The van der Waals surface area contributed by atoms with Crippen molar-refractivity contribution in [2.75, 3.05) is 6.61 Å². The van der Waals surface area contributed by atoms with Crippen molar-refractivity contribution in [1.82, 2.24) is 15.3 Å². The lowest BCUT2D eigenvalue weighted by Gasteiger charge is -2.22. The Bertz CT molecular complexity index is 408. The summed E-state index contributed by atoms with van der Waals surface area (Å²) in [5.74, 6) is 1.35. The van der Waals surface area contributed by atoms with E-state index in [1.54, 1.807) is 12.4 Å². The van der Waals surface area contributed by atoms with E-state index in [2.05, 4.69) is 36.1 Å². The van der Waals surface area contributed by atoms with E-state index in [0.717, 1.165) is 18.8 Å². The molecule has 0 aliphatic heterocycles. The molecule has 0 radical (unpaired) electrons. The van der Waals surface area contributed by atoms with Gasteiger partial charge in [0.15, 0.2) is 0 Å². The molecule has 2 rings (SSSR count). The molecule has 0 spiro atoms. The van der Waals surface area contributed by atoms with Crippen molar-refractivity contribution < 1.29 is 4.74 Å². The van der Waals surface area contributed by atoms with Crippen LogP contribution in [-0.2, 0) is 6.54 Å². The maximum absolute atomic E-state index is 5.82. The smallest absolute Gasteiger partial charge is 0.232 e. The molecule has 1 aromatic rings. The van der Waals surface area contributed by atoms with Crippen LogP contribution in [0.5, 0.6) is 5.88 Å². The largest absolute Gasteiger partial charge is 0.476 e. The van der Waals surface area contributed by atoms with Gasteiger partial charge in [0, 0.05) is 18.3 Å². The van der Waals surface area contributed by atoms with Crippen LogP contribution in [0.25, 0.3) is 0 Å². The minimum absolute atomic E-state index is 0.0840. The Labute approximate surface area is 122 Å². The van der Waals surface area contributed by atoms with Gasteiger partial charge in [-0.05, 0) is 39.5 Å². The molecule has 0 unspecified atom stereocenters. The van der Waals surface area contributed by atoms with E-state index < -0.39 is 0 Å². The molecule has 0 saturated heterocycles. The standard InChI is InChI=1S/C16H27N3O/c1-16(2,3)18-10-14-9-17-11-15(19-14)20-12-13-7-5-4-6-8-13/h9,11,13,18H,4-8,10,12H2,1-3H3. The van der Waals surface area contributed by atoms with E-state index in [1.165, 1.54) is 32.1 Å². The Morgan fingerprint density at radius 3 is 2.65 bits per heavy atom. The van der Waals surface area contributed by atoms with Crippen LogP contribution in [0.4, 0.5) is 0 Å².